The maximum absolute atomic E-state index is 6.13. The van der Waals surface area contributed by atoms with Gasteiger partial charge in [0, 0.05) is 6.04 Å². The van der Waals surface area contributed by atoms with Crippen molar-refractivity contribution in [3.05, 3.63) is 0 Å². The summed E-state index contributed by atoms with van der Waals surface area (Å²) in [5, 5.41) is 0. The molecule has 1 heterocycles. The van der Waals surface area contributed by atoms with Gasteiger partial charge in [-0.3, -0.25) is 0 Å². The predicted octanol–water partition coefficient (Wildman–Crippen LogP) is 3.94. The lowest BCUT2D eigenvalue weighted by Gasteiger charge is -2.39. The molecule has 2 heteroatoms. The third-order valence-electron chi connectivity index (χ3n) is 5.75. The zero-order valence-electron chi connectivity index (χ0n) is 13.0. The molecule has 2 fully saturated rings. The number of likely N-dealkylation sites (tertiary alicyclic amines) is 1. The summed E-state index contributed by atoms with van der Waals surface area (Å²) in [6.07, 6.45) is 15.4. The van der Waals surface area contributed by atoms with Gasteiger partial charge in [-0.15, -0.1) is 0 Å². The normalized spacial score (nSPS) is 29.1. The largest absolute Gasteiger partial charge is 0.330 e. The van der Waals surface area contributed by atoms with E-state index in [1.165, 1.54) is 83.7 Å². The standard InChI is InChI=1S/C17H34N2/c1-2-16-9-5-3-8-13-19(16)14-12-17(15-18)10-6-4-7-11-17/h16H,2-15,18H2,1H3. The molecule has 1 unspecified atom stereocenters. The quantitative estimate of drug-likeness (QED) is 0.816. The van der Waals surface area contributed by atoms with E-state index in [0.717, 1.165) is 12.6 Å². The van der Waals surface area contributed by atoms with Crippen molar-refractivity contribution >= 4 is 0 Å². The molecule has 2 nitrogen and oxygen atoms in total. The lowest BCUT2D eigenvalue weighted by molar-refractivity contribution is 0.122. The maximum Gasteiger partial charge on any atom is 0.00926 e. The first-order chi connectivity index (χ1) is 9.29. The number of nitrogens with zero attached hydrogens (tertiary/aromatic N) is 1. The van der Waals surface area contributed by atoms with Crippen LogP contribution in [-0.2, 0) is 0 Å². The second kappa shape index (κ2) is 7.64. The summed E-state index contributed by atoms with van der Waals surface area (Å²) >= 11 is 0. The van der Waals surface area contributed by atoms with Gasteiger partial charge in [-0.25, -0.2) is 0 Å². The van der Waals surface area contributed by atoms with Gasteiger partial charge in [0.1, 0.15) is 0 Å². The van der Waals surface area contributed by atoms with Crippen LogP contribution in [0.25, 0.3) is 0 Å². The van der Waals surface area contributed by atoms with Crippen LogP contribution in [0.2, 0.25) is 0 Å². The molecule has 1 aliphatic heterocycles. The molecule has 0 bridgehead atoms. The number of hydrogen-bond acceptors (Lipinski definition) is 2. The van der Waals surface area contributed by atoms with Crippen molar-refractivity contribution in [3.8, 4) is 0 Å². The van der Waals surface area contributed by atoms with Gasteiger partial charge in [-0.2, -0.15) is 0 Å². The van der Waals surface area contributed by atoms with Crippen LogP contribution in [0.3, 0.4) is 0 Å². The summed E-state index contributed by atoms with van der Waals surface area (Å²) in [5.41, 5.74) is 6.62. The Morgan fingerprint density at radius 3 is 2.47 bits per heavy atom. The summed E-state index contributed by atoms with van der Waals surface area (Å²) in [4.78, 5) is 2.79. The molecule has 0 amide bonds. The highest BCUT2D eigenvalue weighted by Gasteiger charge is 2.31. The Morgan fingerprint density at radius 2 is 1.79 bits per heavy atom. The van der Waals surface area contributed by atoms with Crippen LogP contribution in [0, 0.1) is 5.41 Å². The number of rotatable bonds is 5. The maximum atomic E-state index is 6.13. The van der Waals surface area contributed by atoms with E-state index in [-0.39, 0.29) is 0 Å². The second-order valence-corrected chi connectivity index (χ2v) is 6.96. The molecule has 1 saturated carbocycles. The van der Waals surface area contributed by atoms with Crippen LogP contribution in [0.5, 0.6) is 0 Å². The Hall–Kier alpha value is -0.0800. The van der Waals surface area contributed by atoms with Crippen molar-refractivity contribution in [1.29, 1.82) is 0 Å². The molecule has 1 saturated heterocycles. The molecule has 0 aromatic rings. The van der Waals surface area contributed by atoms with Crippen LogP contribution in [0.4, 0.5) is 0 Å². The zero-order valence-corrected chi connectivity index (χ0v) is 13.0. The summed E-state index contributed by atoms with van der Waals surface area (Å²) in [6, 6.07) is 0.848. The topological polar surface area (TPSA) is 29.3 Å². The predicted molar refractivity (Wildman–Crippen MR) is 83.3 cm³/mol. The van der Waals surface area contributed by atoms with Gasteiger partial charge < -0.3 is 10.6 Å². The summed E-state index contributed by atoms with van der Waals surface area (Å²) in [5.74, 6) is 0. The number of nitrogens with two attached hydrogens (primary N) is 1. The first kappa shape index (κ1) is 15.3. The Labute approximate surface area is 120 Å². The first-order valence-electron chi connectivity index (χ1n) is 8.74. The van der Waals surface area contributed by atoms with E-state index in [1.807, 2.05) is 0 Å². The fourth-order valence-electron chi connectivity index (χ4n) is 4.23. The second-order valence-electron chi connectivity index (χ2n) is 6.96. The lowest BCUT2D eigenvalue weighted by Crippen LogP contribution is -2.40. The first-order valence-corrected chi connectivity index (χ1v) is 8.74. The van der Waals surface area contributed by atoms with Gasteiger partial charge in [0.25, 0.3) is 0 Å². The fourth-order valence-corrected chi connectivity index (χ4v) is 4.23. The molecule has 2 N–H and O–H groups in total. The van der Waals surface area contributed by atoms with E-state index in [1.54, 1.807) is 0 Å². The van der Waals surface area contributed by atoms with Crippen LogP contribution >= 0.6 is 0 Å². The monoisotopic (exact) mass is 266 g/mol. The van der Waals surface area contributed by atoms with Gasteiger partial charge in [0.05, 0.1) is 0 Å². The Balaban J connectivity index is 1.87. The zero-order chi connectivity index (χ0) is 13.6. The van der Waals surface area contributed by atoms with E-state index in [0.29, 0.717) is 5.41 Å². The molecule has 0 aromatic carbocycles. The molecule has 0 spiro atoms. The van der Waals surface area contributed by atoms with Gasteiger partial charge in [0.15, 0.2) is 0 Å². The smallest absolute Gasteiger partial charge is 0.00926 e. The van der Waals surface area contributed by atoms with Crippen molar-refractivity contribution in [2.75, 3.05) is 19.6 Å². The van der Waals surface area contributed by atoms with Crippen molar-refractivity contribution in [2.24, 2.45) is 11.1 Å². The molecular formula is C17H34N2. The molecule has 0 radical (unpaired) electrons. The highest BCUT2D eigenvalue weighted by Crippen LogP contribution is 2.38. The van der Waals surface area contributed by atoms with Crippen LogP contribution in [0.15, 0.2) is 0 Å². The SMILES string of the molecule is CCC1CCCCCN1CCC1(CN)CCCCC1. The van der Waals surface area contributed by atoms with Crippen LogP contribution in [-0.4, -0.2) is 30.6 Å². The minimum atomic E-state index is 0.489. The highest BCUT2D eigenvalue weighted by molar-refractivity contribution is 4.86. The minimum absolute atomic E-state index is 0.489. The van der Waals surface area contributed by atoms with Crippen molar-refractivity contribution < 1.29 is 0 Å². The molecule has 19 heavy (non-hydrogen) atoms. The van der Waals surface area contributed by atoms with Gasteiger partial charge in [0.2, 0.25) is 0 Å². The van der Waals surface area contributed by atoms with Crippen molar-refractivity contribution in [1.82, 2.24) is 4.90 Å². The van der Waals surface area contributed by atoms with E-state index in [4.69, 9.17) is 5.73 Å². The summed E-state index contributed by atoms with van der Waals surface area (Å²) in [6.45, 7) is 5.91. The van der Waals surface area contributed by atoms with Gasteiger partial charge in [-0.1, -0.05) is 39.0 Å². The highest BCUT2D eigenvalue weighted by atomic mass is 15.2. The van der Waals surface area contributed by atoms with E-state index in [9.17, 15) is 0 Å². The summed E-state index contributed by atoms with van der Waals surface area (Å²) < 4.78 is 0. The third kappa shape index (κ3) is 4.19. The molecular weight excluding hydrogens is 232 g/mol. The summed E-state index contributed by atoms with van der Waals surface area (Å²) in [7, 11) is 0. The molecule has 2 aliphatic rings. The van der Waals surface area contributed by atoms with Crippen LogP contribution in [0.1, 0.15) is 77.6 Å². The van der Waals surface area contributed by atoms with Crippen molar-refractivity contribution in [2.45, 2.75) is 83.6 Å². The fraction of sp³-hybridized carbons (Fsp3) is 1.00. The molecule has 112 valence electrons. The minimum Gasteiger partial charge on any atom is -0.330 e. The number of hydrogen-bond donors (Lipinski definition) is 1. The average molecular weight is 266 g/mol. The van der Waals surface area contributed by atoms with E-state index < -0.39 is 0 Å². The van der Waals surface area contributed by atoms with E-state index in [2.05, 4.69) is 11.8 Å². The van der Waals surface area contributed by atoms with Gasteiger partial charge in [-0.05, 0) is 63.6 Å². The molecule has 2 rings (SSSR count). The molecule has 0 aromatic heterocycles. The van der Waals surface area contributed by atoms with Crippen LogP contribution < -0.4 is 5.73 Å². The Bertz CT molecular complexity index is 246. The van der Waals surface area contributed by atoms with Gasteiger partial charge >= 0.3 is 0 Å². The third-order valence-corrected chi connectivity index (χ3v) is 5.75. The molecule has 1 atom stereocenters. The Kier molecular flexibility index (Phi) is 6.15. The lowest BCUT2D eigenvalue weighted by atomic mass is 9.72. The van der Waals surface area contributed by atoms with Crippen molar-refractivity contribution in [3.63, 3.8) is 0 Å². The Morgan fingerprint density at radius 1 is 1.05 bits per heavy atom. The molecule has 1 aliphatic carbocycles. The van der Waals surface area contributed by atoms with E-state index >= 15 is 0 Å². The average Bonchev–Trinajstić information content (AvgIpc) is 2.71.